The molecule has 5 nitrogen and oxygen atoms in total. The Balaban J connectivity index is 0.000000757. The van der Waals surface area contributed by atoms with Crippen LogP contribution in [0.15, 0.2) is 78.9 Å². The average Bonchev–Trinajstić information content (AvgIpc) is 2.93. The Labute approximate surface area is 236 Å². The third-order valence-corrected chi connectivity index (χ3v) is 6.95. The molecule has 1 N–H and O–H groups in total. The zero-order valence-electron chi connectivity index (χ0n) is 22.5. The van der Waals surface area contributed by atoms with Crippen molar-refractivity contribution in [2.75, 3.05) is 26.2 Å². The molecule has 3 rings (SSSR count). The Morgan fingerprint density at radius 3 is 1.97 bits per heavy atom. The summed E-state index contributed by atoms with van der Waals surface area (Å²) in [4.78, 5) is 23.7. The van der Waals surface area contributed by atoms with Gasteiger partial charge >= 0.3 is 5.97 Å². The first-order valence-corrected chi connectivity index (χ1v) is 13.6. The Morgan fingerprint density at radius 1 is 0.921 bits per heavy atom. The van der Waals surface area contributed by atoms with Crippen LogP contribution in [0.3, 0.4) is 0 Å². The fraction of sp³-hybridized carbons (Fsp3) is 0.355. The van der Waals surface area contributed by atoms with Crippen molar-refractivity contribution in [3.05, 3.63) is 101 Å². The third kappa shape index (κ3) is 9.16. The maximum Gasteiger partial charge on any atom is 0.337 e. The number of ketones is 1. The number of aryl methyl sites for hydroxylation is 1. The number of Topliss-reactive ketones (excluding diaryl/α,β-unsaturated/α-hetero) is 1. The number of hydrogen-bond acceptors (Lipinski definition) is 4. The summed E-state index contributed by atoms with van der Waals surface area (Å²) >= 11 is 9.56. The molecule has 7 heteroatoms. The van der Waals surface area contributed by atoms with Crippen LogP contribution in [0.1, 0.15) is 54.2 Å². The largest absolute Gasteiger partial charge is 0.492 e. The predicted molar refractivity (Wildman–Crippen MR) is 156 cm³/mol. The molecule has 0 bridgehead atoms. The molecule has 3 aromatic carbocycles. The van der Waals surface area contributed by atoms with Gasteiger partial charge in [-0.15, -0.1) is 0 Å². The van der Waals surface area contributed by atoms with Gasteiger partial charge in [-0.05, 0) is 42.8 Å². The number of halogens is 2. The maximum atomic E-state index is 13.2. The van der Waals surface area contributed by atoms with Gasteiger partial charge in [0.05, 0.1) is 0 Å². The molecule has 1 atom stereocenters. The lowest BCUT2D eigenvalue weighted by Crippen LogP contribution is -2.28. The number of carboxylic acids is 1. The summed E-state index contributed by atoms with van der Waals surface area (Å²) in [5.74, 6) is -0.154. The van der Waals surface area contributed by atoms with Gasteiger partial charge in [0.15, 0.2) is 5.78 Å². The summed E-state index contributed by atoms with van der Waals surface area (Å²) in [6.07, 6.45) is 0.405. The van der Waals surface area contributed by atoms with Gasteiger partial charge in [-0.1, -0.05) is 117 Å². The lowest BCUT2D eigenvalue weighted by molar-refractivity contribution is -0.135. The average molecular weight is 559 g/mol. The molecule has 3 aromatic rings. The first kappa shape index (κ1) is 31.4. The van der Waals surface area contributed by atoms with Gasteiger partial charge in [-0.25, -0.2) is 4.79 Å². The van der Waals surface area contributed by atoms with Crippen molar-refractivity contribution in [3.8, 4) is 5.75 Å². The summed E-state index contributed by atoms with van der Waals surface area (Å²) in [5, 5.41) is 7.73. The second-order valence-corrected chi connectivity index (χ2v) is 10.3. The van der Waals surface area contributed by atoms with Crippen LogP contribution in [0.2, 0.25) is 0 Å². The van der Waals surface area contributed by atoms with Crippen molar-refractivity contribution in [3.63, 3.8) is 0 Å². The molecule has 0 spiro atoms. The molecule has 0 aliphatic rings. The molecular formula is C31H37Cl2NO4. The van der Waals surface area contributed by atoms with Crippen molar-refractivity contribution >= 4 is 35.0 Å². The molecule has 0 heterocycles. The Hall–Kier alpha value is -2.86. The fourth-order valence-corrected chi connectivity index (χ4v) is 4.20. The number of alkyl halides is 2. The van der Waals surface area contributed by atoms with E-state index in [1.165, 1.54) is 0 Å². The lowest BCUT2D eigenvalue weighted by atomic mass is 9.72. The molecule has 0 saturated carbocycles. The van der Waals surface area contributed by atoms with E-state index in [0.29, 0.717) is 13.0 Å². The van der Waals surface area contributed by atoms with Gasteiger partial charge in [-0.3, -0.25) is 4.79 Å². The second kappa shape index (κ2) is 15.5. The summed E-state index contributed by atoms with van der Waals surface area (Å²) in [6.45, 7) is 12.2. The van der Waals surface area contributed by atoms with Crippen LogP contribution in [-0.4, -0.2) is 52.8 Å². The number of carboxylic acid groups (broad SMARTS) is 1. The molecule has 0 aliphatic heterocycles. The first-order chi connectivity index (χ1) is 18.1. The van der Waals surface area contributed by atoms with Crippen molar-refractivity contribution in [2.45, 2.75) is 44.4 Å². The van der Waals surface area contributed by atoms with Crippen LogP contribution in [-0.2, 0) is 10.2 Å². The van der Waals surface area contributed by atoms with E-state index in [0.717, 1.165) is 47.6 Å². The zero-order valence-corrected chi connectivity index (χ0v) is 24.0. The minimum atomic E-state index is -1.29. The standard InChI is InChI=1S/C29H35NO2.C2H2Cl2O2/c1-5-30(6-2)19-20-32-28-18-17-26(21-23(28)3)29(4,25-15-11-8-12-16-25)22-27(31)24-13-9-7-10-14-24;3-1(4)2(5)6/h7-18,21H,5-6,19-20,22H2,1-4H3;1H,(H,5,6). The van der Waals surface area contributed by atoms with Crippen LogP contribution in [0.5, 0.6) is 5.75 Å². The van der Waals surface area contributed by atoms with E-state index >= 15 is 0 Å². The summed E-state index contributed by atoms with van der Waals surface area (Å²) < 4.78 is 6.09. The highest BCUT2D eigenvalue weighted by Gasteiger charge is 2.32. The summed E-state index contributed by atoms with van der Waals surface area (Å²) in [6, 6.07) is 26.2. The second-order valence-electron chi connectivity index (χ2n) is 9.16. The van der Waals surface area contributed by atoms with E-state index in [1.807, 2.05) is 48.5 Å². The van der Waals surface area contributed by atoms with Crippen LogP contribution in [0, 0.1) is 6.92 Å². The monoisotopic (exact) mass is 557 g/mol. The minimum Gasteiger partial charge on any atom is -0.492 e. The van der Waals surface area contributed by atoms with E-state index in [-0.39, 0.29) is 5.78 Å². The molecule has 0 aromatic heterocycles. The van der Waals surface area contributed by atoms with Crippen LogP contribution >= 0.6 is 23.2 Å². The highest BCUT2D eigenvalue weighted by molar-refractivity contribution is 6.52. The molecule has 1 unspecified atom stereocenters. The maximum absolute atomic E-state index is 13.2. The Kier molecular flexibility index (Phi) is 12.8. The fourth-order valence-electron chi connectivity index (χ4n) is 4.20. The van der Waals surface area contributed by atoms with E-state index in [2.05, 4.69) is 62.9 Å². The van der Waals surface area contributed by atoms with Gasteiger partial charge in [0.25, 0.3) is 0 Å². The Morgan fingerprint density at radius 2 is 1.47 bits per heavy atom. The SMILES string of the molecule is CCN(CC)CCOc1ccc(C(C)(CC(=O)c2ccccc2)c2ccccc2)cc1C.O=C(O)C(Cl)Cl. The molecule has 0 fully saturated rings. The topological polar surface area (TPSA) is 66.8 Å². The van der Waals surface area contributed by atoms with Gasteiger partial charge in [-0.2, -0.15) is 0 Å². The summed E-state index contributed by atoms with van der Waals surface area (Å²) in [7, 11) is 0. The highest BCUT2D eigenvalue weighted by atomic mass is 35.5. The quantitative estimate of drug-likeness (QED) is 0.189. The zero-order chi connectivity index (χ0) is 28.1. The van der Waals surface area contributed by atoms with Crippen molar-refractivity contribution < 1.29 is 19.4 Å². The summed E-state index contributed by atoms with van der Waals surface area (Å²) in [5.41, 5.74) is 3.68. The van der Waals surface area contributed by atoms with E-state index in [4.69, 9.17) is 33.0 Å². The molecule has 38 heavy (non-hydrogen) atoms. The number of carbonyl (C=O) groups excluding carboxylic acids is 1. The van der Waals surface area contributed by atoms with E-state index < -0.39 is 16.2 Å². The van der Waals surface area contributed by atoms with Gasteiger partial charge in [0.2, 0.25) is 4.84 Å². The van der Waals surface area contributed by atoms with E-state index in [1.54, 1.807) is 0 Å². The number of nitrogens with zero attached hydrogens (tertiary/aromatic N) is 1. The number of ether oxygens (including phenoxy) is 1. The van der Waals surface area contributed by atoms with Gasteiger partial charge < -0.3 is 14.7 Å². The Bertz CT molecular complexity index is 1150. The van der Waals surface area contributed by atoms with Gasteiger partial charge in [0.1, 0.15) is 12.4 Å². The predicted octanol–water partition coefficient (Wildman–Crippen LogP) is 7.17. The number of aliphatic carboxylic acids is 1. The molecule has 0 saturated heterocycles. The van der Waals surface area contributed by atoms with E-state index in [9.17, 15) is 9.59 Å². The van der Waals surface area contributed by atoms with Crippen LogP contribution < -0.4 is 4.74 Å². The molecule has 0 radical (unpaired) electrons. The highest BCUT2D eigenvalue weighted by Crippen LogP contribution is 2.38. The van der Waals surface area contributed by atoms with Crippen molar-refractivity contribution in [1.82, 2.24) is 4.90 Å². The number of benzene rings is 3. The van der Waals surface area contributed by atoms with Crippen molar-refractivity contribution in [1.29, 1.82) is 0 Å². The number of carbonyl (C=O) groups is 2. The van der Waals surface area contributed by atoms with Crippen LogP contribution in [0.4, 0.5) is 0 Å². The van der Waals surface area contributed by atoms with Crippen molar-refractivity contribution in [2.24, 2.45) is 0 Å². The minimum absolute atomic E-state index is 0.147. The number of rotatable bonds is 12. The third-order valence-electron chi connectivity index (χ3n) is 6.58. The number of likely N-dealkylation sites (N-methyl/N-ethyl adjacent to an activating group) is 1. The smallest absolute Gasteiger partial charge is 0.337 e. The number of hydrogen-bond donors (Lipinski definition) is 1. The normalized spacial score (nSPS) is 12.4. The lowest BCUT2D eigenvalue weighted by Gasteiger charge is -2.31. The molecule has 0 amide bonds. The van der Waals surface area contributed by atoms with Crippen LogP contribution in [0.25, 0.3) is 0 Å². The first-order valence-electron chi connectivity index (χ1n) is 12.7. The van der Waals surface area contributed by atoms with Gasteiger partial charge in [0, 0.05) is 23.9 Å². The molecular weight excluding hydrogens is 521 g/mol. The molecule has 0 aliphatic carbocycles. The molecule has 204 valence electrons.